The van der Waals surface area contributed by atoms with Gasteiger partial charge in [-0.25, -0.2) is 4.85 Å². The molecule has 4 heteroatoms. The zero-order valence-corrected chi connectivity index (χ0v) is 10.9. The zero-order valence-electron chi connectivity index (χ0n) is 10.9. The van der Waals surface area contributed by atoms with Gasteiger partial charge in [0.2, 0.25) is 0 Å². The first kappa shape index (κ1) is 12.9. The summed E-state index contributed by atoms with van der Waals surface area (Å²) in [5.74, 6) is -0.450. The van der Waals surface area contributed by atoms with Crippen molar-refractivity contribution in [2.24, 2.45) is 16.8 Å². The van der Waals surface area contributed by atoms with Crippen molar-refractivity contribution in [3.05, 3.63) is 46.9 Å². The lowest BCUT2D eigenvalue weighted by Gasteiger charge is -2.24. The number of rotatable bonds is 1. The van der Waals surface area contributed by atoms with Gasteiger partial charge in [0.05, 0.1) is 24.3 Å². The third kappa shape index (κ3) is 2.21. The summed E-state index contributed by atoms with van der Waals surface area (Å²) < 4.78 is 0. The van der Waals surface area contributed by atoms with Gasteiger partial charge in [-0.2, -0.15) is 5.26 Å². The van der Waals surface area contributed by atoms with Crippen molar-refractivity contribution in [1.29, 1.82) is 5.26 Å². The van der Waals surface area contributed by atoms with Gasteiger partial charge in [-0.15, -0.1) is 0 Å². The molecule has 19 heavy (non-hydrogen) atoms. The van der Waals surface area contributed by atoms with Gasteiger partial charge in [0, 0.05) is 17.3 Å². The Kier molecular flexibility index (Phi) is 3.35. The molecular weight excluding hydrogens is 236 g/mol. The molecule has 1 aliphatic heterocycles. The standard InChI is InChI=1S/C15H14N4/c1-9-13(8-16)10(2)19-15(14(9)18-3)11-4-6-12(17)7-5-11/h4-7,9,13H,17H2,1-2H3/t9-,13?/m1/s1. The SMILES string of the molecule is [C-]#[N+]C1=C(c2ccc(N)cc2)N=C(C)C(C#N)[C@H]1C. The largest absolute Gasteiger partial charge is 0.399 e. The number of benzene rings is 1. The van der Waals surface area contributed by atoms with E-state index in [9.17, 15) is 0 Å². The Balaban J connectivity index is 2.58. The first-order valence-electron chi connectivity index (χ1n) is 6.00. The Hall–Kier alpha value is -2.59. The number of hydrogen-bond acceptors (Lipinski definition) is 3. The third-order valence-corrected chi connectivity index (χ3v) is 3.36. The van der Waals surface area contributed by atoms with E-state index in [2.05, 4.69) is 15.9 Å². The molecule has 1 aromatic rings. The van der Waals surface area contributed by atoms with Crippen LogP contribution in [0.2, 0.25) is 0 Å². The highest BCUT2D eigenvalue weighted by Gasteiger charge is 2.31. The van der Waals surface area contributed by atoms with Crippen LogP contribution in [0, 0.1) is 29.7 Å². The Morgan fingerprint density at radius 3 is 2.53 bits per heavy atom. The van der Waals surface area contributed by atoms with E-state index >= 15 is 0 Å². The van der Waals surface area contributed by atoms with Crippen LogP contribution in [0.25, 0.3) is 10.5 Å². The monoisotopic (exact) mass is 250 g/mol. The van der Waals surface area contributed by atoms with Gasteiger partial charge < -0.3 is 5.73 Å². The Bertz CT molecular complexity index is 638. The summed E-state index contributed by atoms with van der Waals surface area (Å²) in [6, 6.07) is 9.50. The van der Waals surface area contributed by atoms with Gasteiger partial charge in [0.1, 0.15) is 0 Å². The average molecular weight is 250 g/mol. The number of nitrogens with zero attached hydrogens (tertiary/aromatic N) is 3. The lowest BCUT2D eigenvalue weighted by Crippen LogP contribution is -2.23. The second-order valence-electron chi connectivity index (χ2n) is 4.62. The molecule has 0 saturated heterocycles. The molecule has 2 atom stereocenters. The molecular formula is C15H14N4. The van der Waals surface area contributed by atoms with Gasteiger partial charge in [-0.3, -0.25) is 4.99 Å². The van der Waals surface area contributed by atoms with Gasteiger partial charge >= 0.3 is 0 Å². The van der Waals surface area contributed by atoms with Crippen molar-refractivity contribution in [2.45, 2.75) is 13.8 Å². The molecule has 0 fully saturated rings. The van der Waals surface area contributed by atoms with Crippen LogP contribution in [0.5, 0.6) is 0 Å². The highest BCUT2D eigenvalue weighted by Crippen LogP contribution is 2.35. The summed E-state index contributed by atoms with van der Waals surface area (Å²) in [4.78, 5) is 8.04. The molecule has 0 aromatic heterocycles. The molecule has 1 aliphatic rings. The lowest BCUT2D eigenvalue weighted by molar-refractivity contribution is 0.618. The number of hydrogen-bond donors (Lipinski definition) is 1. The van der Waals surface area contributed by atoms with E-state index < -0.39 is 0 Å². The minimum atomic E-state index is -0.318. The summed E-state index contributed by atoms with van der Waals surface area (Å²) in [6.07, 6.45) is 0. The predicted molar refractivity (Wildman–Crippen MR) is 75.8 cm³/mol. The number of nitriles is 1. The molecule has 0 aliphatic carbocycles. The maximum atomic E-state index is 9.17. The smallest absolute Gasteiger partial charge is 0.195 e. The van der Waals surface area contributed by atoms with E-state index in [1.54, 1.807) is 12.1 Å². The normalized spacial score (nSPS) is 22.4. The second kappa shape index (κ2) is 4.96. The van der Waals surface area contributed by atoms with Crippen LogP contribution in [0.15, 0.2) is 35.0 Å². The molecule has 0 bridgehead atoms. The van der Waals surface area contributed by atoms with Crippen LogP contribution in [-0.4, -0.2) is 5.71 Å². The van der Waals surface area contributed by atoms with Crippen LogP contribution in [0.3, 0.4) is 0 Å². The fourth-order valence-electron chi connectivity index (χ4n) is 2.25. The minimum absolute atomic E-state index is 0.132. The van der Waals surface area contributed by atoms with Crippen molar-refractivity contribution in [3.8, 4) is 6.07 Å². The van der Waals surface area contributed by atoms with E-state index in [0.717, 1.165) is 11.3 Å². The molecule has 0 amide bonds. The molecule has 4 nitrogen and oxygen atoms in total. The van der Waals surface area contributed by atoms with Crippen molar-refractivity contribution in [2.75, 3.05) is 5.73 Å². The summed E-state index contributed by atoms with van der Waals surface area (Å²) >= 11 is 0. The maximum Gasteiger partial charge on any atom is 0.195 e. The molecule has 0 saturated carbocycles. The number of allylic oxidation sites excluding steroid dienone is 1. The van der Waals surface area contributed by atoms with Crippen molar-refractivity contribution < 1.29 is 0 Å². The summed E-state index contributed by atoms with van der Waals surface area (Å²) in [6.45, 7) is 11.1. The topological polar surface area (TPSA) is 66.5 Å². The molecule has 1 aromatic carbocycles. The number of anilines is 1. The predicted octanol–water partition coefficient (Wildman–Crippen LogP) is 3.11. The third-order valence-electron chi connectivity index (χ3n) is 3.36. The van der Waals surface area contributed by atoms with Crippen molar-refractivity contribution >= 4 is 17.1 Å². The van der Waals surface area contributed by atoms with E-state index in [0.29, 0.717) is 17.1 Å². The molecule has 1 unspecified atom stereocenters. The van der Waals surface area contributed by atoms with E-state index in [1.807, 2.05) is 26.0 Å². The van der Waals surface area contributed by atoms with Gasteiger partial charge in [-0.05, 0) is 24.6 Å². The summed E-state index contributed by atoms with van der Waals surface area (Å²) in [5.41, 5.74) is 9.16. The molecule has 2 N–H and O–H groups in total. The number of nitrogens with two attached hydrogens (primary N) is 1. The van der Waals surface area contributed by atoms with E-state index in [1.165, 1.54) is 0 Å². The van der Waals surface area contributed by atoms with E-state index in [-0.39, 0.29) is 11.8 Å². The Morgan fingerprint density at radius 2 is 2.00 bits per heavy atom. The number of aliphatic imine (C=N–C) groups is 1. The van der Waals surface area contributed by atoms with Gasteiger partial charge in [0.25, 0.3) is 0 Å². The van der Waals surface area contributed by atoms with Gasteiger partial charge in [0.15, 0.2) is 5.70 Å². The minimum Gasteiger partial charge on any atom is -0.399 e. The lowest BCUT2D eigenvalue weighted by atomic mass is 9.84. The van der Waals surface area contributed by atoms with Crippen LogP contribution < -0.4 is 5.73 Å². The summed E-state index contributed by atoms with van der Waals surface area (Å²) in [7, 11) is 0. The highest BCUT2D eigenvalue weighted by atomic mass is 14.9. The first-order valence-corrected chi connectivity index (χ1v) is 6.00. The number of nitrogen functional groups attached to an aromatic ring is 1. The Morgan fingerprint density at radius 1 is 1.37 bits per heavy atom. The average Bonchev–Trinajstić information content (AvgIpc) is 2.39. The second-order valence-corrected chi connectivity index (χ2v) is 4.62. The fourth-order valence-corrected chi connectivity index (χ4v) is 2.25. The van der Waals surface area contributed by atoms with Crippen LogP contribution in [-0.2, 0) is 0 Å². The molecule has 0 radical (unpaired) electrons. The quantitative estimate of drug-likeness (QED) is 0.614. The van der Waals surface area contributed by atoms with Crippen LogP contribution in [0.4, 0.5) is 5.69 Å². The molecule has 1 heterocycles. The molecule has 94 valence electrons. The van der Waals surface area contributed by atoms with Crippen molar-refractivity contribution in [1.82, 2.24) is 0 Å². The van der Waals surface area contributed by atoms with Crippen molar-refractivity contribution in [3.63, 3.8) is 0 Å². The first-order chi connectivity index (χ1) is 9.08. The zero-order chi connectivity index (χ0) is 14.0. The molecule has 0 spiro atoms. The van der Waals surface area contributed by atoms with Gasteiger partial charge in [-0.1, -0.05) is 19.1 Å². The molecule has 2 rings (SSSR count). The maximum absolute atomic E-state index is 9.17. The summed E-state index contributed by atoms with van der Waals surface area (Å²) in [5, 5.41) is 9.17. The highest BCUT2D eigenvalue weighted by molar-refractivity contribution is 5.95. The van der Waals surface area contributed by atoms with Crippen LogP contribution in [0.1, 0.15) is 19.4 Å². The van der Waals surface area contributed by atoms with Crippen LogP contribution >= 0.6 is 0 Å². The Labute approximate surface area is 112 Å². The fraction of sp³-hybridized carbons (Fsp3) is 0.267. The van der Waals surface area contributed by atoms with E-state index in [4.69, 9.17) is 17.6 Å².